The summed E-state index contributed by atoms with van der Waals surface area (Å²) in [6.45, 7) is 4.25. The smallest absolute Gasteiger partial charge is 0.194 e. The van der Waals surface area contributed by atoms with Gasteiger partial charge >= 0.3 is 0 Å². The Balaban J connectivity index is 0.000000133. The first-order valence-corrected chi connectivity index (χ1v) is 10.6. The Bertz CT molecular complexity index is 1070. The molecule has 0 atom stereocenters. The molecule has 4 aromatic carbocycles. The fourth-order valence-electron chi connectivity index (χ4n) is 3.95. The van der Waals surface area contributed by atoms with Crippen LogP contribution < -0.4 is 0 Å². The molecule has 0 heterocycles. The number of carbonyl (C=O) groups excluding carboxylic acids is 2. The van der Waals surface area contributed by atoms with Crippen molar-refractivity contribution < 1.29 is 9.59 Å². The van der Waals surface area contributed by atoms with Gasteiger partial charge in [0.05, 0.1) is 0 Å². The summed E-state index contributed by atoms with van der Waals surface area (Å²) in [4.78, 5) is 23.8. The lowest BCUT2D eigenvalue weighted by atomic mass is 10.1. The predicted molar refractivity (Wildman–Crippen MR) is 127 cm³/mol. The van der Waals surface area contributed by atoms with Crippen molar-refractivity contribution in [1.82, 2.24) is 0 Å². The first-order valence-electron chi connectivity index (χ1n) is 10.6. The Kier molecular flexibility index (Phi) is 5.90. The van der Waals surface area contributed by atoms with Gasteiger partial charge in [-0.05, 0) is 22.3 Å². The molecule has 4 aromatic rings. The normalized spacial score (nSPS) is 11.8. The van der Waals surface area contributed by atoms with Crippen LogP contribution in [0.3, 0.4) is 0 Å². The zero-order valence-electron chi connectivity index (χ0n) is 17.8. The van der Waals surface area contributed by atoms with E-state index in [-0.39, 0.29) is 11.6 Å². The Morgan fingerprint density at radius 3 is 0.742 bits per heavy atom. The van der Waals surface area contributed by atoms with Gasteiger partial charge in [-0.3, -0.25) is 9.59 Å². The van der Waals surface area contributed by atoms with E-state index in [4.69, 9.17) is 0 Å². The SMILES string of the molecule is CCC.O=C1c2ccccc2-c2ccccc21.O=C1c2ccccc2-c2ccccc21. The Morgan fingerprint density at radius 1 is 0.387 bits per heavy atom. The molecule has 2 heteroatoms. The molecule has 0 saturated heterocycles. The topological polar surface area (TPSA) is 34.1 Å². The van der Waals surface area contributed by atoms with Gasteiger partial charge < -0.3 is 0 Å². The molecule has 2 aliphatic rings. The maximum Gasteiger partial charge on any atom is 0.194 e. The van der Waals surface area contributed by atoms with E-state index in [1.165, 1.54) is 6.42 Å². The molecule has 0 unspecified atom stereocenters. The molecule has 2 aliphatic carbocycles. The Morgan fingerprint density at radius 2 is 0.548 bits per heavy atom. The lowest BCUT2D eigenvalue weighted by molar-refractivity contribution is 0.103. The minimum absolute atomic E-state index is 0.149. The molecule has 6 rings (SSSR count). The average molecular weight is 405 g/mol. The maximum atomic E-state index is 11.9. The summed E-state index contributed by atoms with van der Waals surface area (Å²) in [5.41, 5.74) is 7.56. The second-order valence-electron chi connectivity index (χ2n) is 7.55. The van der Waals surface area contributed by atoms with Gasteiger partial charge in [0.1, 0.15) is 0 Å². The van der Waals surface area contributed by atoms with Crippen molar-refractivity contribution in [3.63, 3.8) is 0 Å². The standard InChI is InChI=1S/2C13H8O.C3H8/c2*14-13-11-7-3-1-5-9(11)10-6-2-4-8-12(10)13;1-3-2/h2*1-8H;3H2,1-2H3. The highest BCUT2D eigenvalue weighted by molar-refractivity contribution is 6.22. The van der Waals surface area contributed by atoms with Crippen molar-refractivity contribution in [2.24, 2.45) is 0 Å². The van der Waals surface area contributed by atoms with Crippen molar-refractivity contribution in [1.29, 1.82) is 0 Å². The second-order valence-corrected chi connectivity index (χ2v) is 7.55. The highest BCUT2D eigenvalue weighted by Crippen LogP contribution is 2.36. The van der Waals surface area contributed by atoms with Gasteiger partial charge in [0.2, 0.25) is 0 Å². The highest BCUT2D eigenvalue weighted by atomic mass is 16.1. The minimum atomic E-state index is 0.149. The summed E-state index contributed by atoms with van der Waals surface area (Å²) in [7, 11) is 0. The molecular weight excluding hydrogens is 380 g/mol. The summed E-state index contributed by atoms with van der Waals surface area (Å²) in [5, 5.41) is 0. The third-order valence-corrected chi connectivity index (χ3v) is 5.27. The van der Waals surface area contributed by atoms with Gasteiger partial charge in [-0.2, -0.15) is 0 Å². The quantitative estimate of drug-likeness (QED) is 0.268. The van der Waals surface area contributed by atoms with Crippen LogP contribution in [0.5, 0.6) is 0 Å². The van der Waals surface area contributed by atoms with Gasteiger partial charge in [0.25, 0.3) is 0 Å². The van der Waals surface area contributed by atoms with Crippen LogP contribution in [0.1, 0.15) is 52.1 Å². The van der Waals surface area contributed by atoms with E-state index in [9.17, 15) is 9.59 Å². The number of rotatable bonds is 0. The van der Waals surface area contributed by atoms with E-state index in [1.54, 1.807) is 0 Å². The molecule has 0 aliphatic heterocycles. The van der Waals surface area contributed by atoms with Crippen molar-refractivity contribution in [3.05, 3.63) is 119 Å². The van der Waals surface area contributed by atoms with Crippen LogP contribution in [0.25, 0.3) is 22.3 Å². The zero-order chi connectivity index (χ0) is 21.8. The van der Waals surface area contributed by atoms with Crippen LogP contribution >= 0.6 is 0 Å². The van der Waals surface area contributed by atoms with E-state index in [0.717, 1.165) is 44.5 Å². The van der Waals surface area contributed by atoms with E-state index in [2.05, 4.69) is 13.8 Å². The predicted octanol–water partition coefficient (Wildman–Crippen LogP) is 7.21. The number of hydrogen-bond acceptors (Lipinski definition) is 2. The molecule has 0 spiro atoms. The monoisotopic (exact) mass is 404 g/mol. The third-order valence-electron chi connectivity index (χ3n) is 5.27. The first-order chi connectivity index (χ1) is 15.2. The largest absolute Gasteiger partial charge is 0.289 e. The lowest BCUT2D eigenvalue weighted by Crippen LogP contribution is -1.93. The van der Waals surface area contributed by atoms with Crippen LogP contribution in [-0.2, 0) is 0 Å². The number of fused-ring (bicyclic) bond motifs is 6. The summed E-state index contributed by atoms with van der Waals surface area (Å²) in [6, 6.07) is 31.0. The van der Waals surface area contributed by atoms with Crippen LogP contribution in [0.4, 0.5) is 0 Å². The van der Waals surface area contributed by atoms with E-state index >= 15 is 0 Å². The van der Waals surface area contributed by atoms with Gasteiger partial charge in [-0.25, -0.2) is 0 Å². The fourth-order valence-corrected chi connectivity index (χ4v) is 3.95. The van der Waals surface area contributed by atoms with E-state index in [1.807, 2.05) is 97.1 Å². The van der Waals surface area contributed by atoms with Crippen LogP contribution in [0.15, 0.2) is 97.1 Å². The van der Waals surface area contributed by atoms with Gasteiger partial charge in [-0.1, -0.05) is 117 Å². The molecule has 0 aromatic heterocycles. The molecule has 0 amide bonds. The van der Waals surface area contributed by atoms with E-state index < -0.39 is 0 Å². The van der Waals surface area contributed by atoms with Crippen LogP contribution in [0.2, 0.25) is 0 Å². The number of carbonyl (C=O) groups is 2. The third kappa shape index (κ3) is 3.73. The second kappa shape index (κ2) is 8.93. The first kappa shape index (κ1) is 20.5. The van der Waals surface area contributed by atoms with E-state index in [0.29, 0.717) is 0 Å². The van der Waals surface area contributed by atoms with Crippen molar-refractivity contribution in [2.45, 2.75) is 20.3 Å². The van der Waals surface area contributed by atoms with Crippen molar-refractivity contribution in [2.75, 3.05) is 0 Å². The zero-order valence-corrected chi connectivity index (χ0v) is 17.8. The fraction of sp³-hybridized carbons (Fsp3) is 0.103. The Hall–Kier alpha value is -3.78. The Labute approximate surface area is 183 Å². The summed E-state index contributed by atoms with van der Waals surface area (Å²) in [6.07, 6.45) is 1.25. The molecular formula is C29H24O2. The summed E-state index contributed by atoms with van der Waals surface area (Å²) in [5.74, 6) is 0.299. The van der Waals surface area contributed by atoms with Gasteiger partial charge in [0, 0.05) is 22.3 Å². The lowest BCUT2D eigenvalue weighted by Gasteiger charge is -1.96. The molecule has 0 saturated carbocycles. The number of benzene rings is 4. The molecule has 152 valence electrons. The maximum absolute atomic E-state index is 11.9. The number of ketones is 2. The molecule has 0 N–H and O–H groups in total. The summed E-state index contributed by atoms with van der Waals surface area (Å²) >= 11 is 0. The van der Waals surface area contributed by atoms with Crippen molar-refractivity contribution >= 4 is 11.6 Å². The molecule has 0 bridgehead atoms. The molecule has 31 heavy (non-hydrogen) atoms. The van der Waals surface area contributed by atoms with Crippen LogP contribution in [0, 0.1) is 0 Å². The highest BCUT2D eigenvalue weighted by Gasteiger charge is 2.25. The number of hydrogen-bond donors (Lipinski definition) is 0. The van der Waals surface area contributed by atoms with Crippen molar-refractivity contribution in [3.8, 4) is 22.3 Å². The van der Waals surface area contributed by atoms with Gasteiger partial charge in [0.15, 0.2) is 11.6 Å². The molecule has 0 fully saturated rings. The molecule has 2 nitrogen and oxygen atoms in total. The summed E-state index contributed by atoms with van der Waals surface area (Å²) < 4.78 is 0. The van der Waals surface area contributed by atoms with Crippen LogP contribution in [-0.4, -0.2) is 11.6 Å². The van der Waals surface area contributed by atoms with Gasteiger partial charge in [-0.15, -0.1) is 0 Å². The molecule has 0 radical (unpaired) electrons. The average Bonchev–Trinajstić information content (AvgIpc) is 3.28. The minimum Gasteiger partial charge on any atom is -0.289 e.